The van der Waals surface area contributed by atoms with Crippen LogP contribution in [0.2, 0.25) is 0 Å². The summed E-state index contributed by atoms with van der Waals surface area (Å²) in [5.74, 6) is 1.23. The number of aryl methyl sites for hydroxylation is 1. The molecule has 4 nitrogen and oxygen atoms in total. The molecule has 19 heavy (non-hydrogen) atoms. The molecule has 2 unspecified atom stereocenters. The Kier molecular flexibility index (Phi) is 5.02. The fourth-order valence-corrected chi connectivity index (χ4v) is 2.51. The molecule has 2 rings (SSSR count). The highest BCUT2D eigenvalue weighted by Gasteiger charge is 2.22. The van der Waals surface area contributed by atoms with Gasteiger partial charge in [-0.3, -0.25) is 4.79 Å². The van der Waals surface area contributed by atoms with Gasteiger partial charge in [0.2, 0.25) is 5.91 Å². The van der Waals surface area contributed by atoms with Crippen molar-refractivity contribution in [2.24, 2.45) is 0 Å². The maximum Gasteiger partial charge on any atom is 0.221 e. The summed E-state index contributed by atoms with van der Waals surface area (Å²) >= 11 is 0. The molecule has 1 aromatic rings. The molecule has 2 atom stereocenters. The summed E-state index contributed by atoms with van der Waals surface area (Å²) < 4.78 is 5.46. The van der Waals surface area contributed by atoms with Gasteiger partial charge in [0.25, 0.3) is 0 Å². The number of fused-ring (bicyclic) bond motifs is 1. The van der Waals surface area contributed by atoms with Crippen LogP contribution in [0.15, 0.2) is 16.7 Å². The monoisotopic (exact) mass is 264 g/mol. The zero-order chi connectivity index (χ0) is 13.7. The molecule has 0 radical (unpaired) electrons. The maximum absolute atomic E-state index is 11.7. The number of furan rings is 1. The molecule has 1 heterocycles. The Labute approximate surface area is 114 Å². The van der Waals surface area contributed by atoms with E-state index in [0.717, 1.165) is 38.0 Å². The Bertz CT molecular complexity index is 414. The van der Waals surface area contributed by atoms with Gasteiger partial charge in [-0.15, -0.1) is 0 Å². The lowest BCUT2D eigenvalue weighted by Crippen LogP contribution is -2.35. The van der Waals surface area contributed by atoms with Crippen LogP contribution in [0.3, 0.4) is 0 Å². The third kappa shape index (κ3) is 3.83. The van der Waals surface area contributed by atoms with E-state index in [1.54, 1.807) is 6.26 Å². The zero-order valence-corrected chi connectivity index (χ0v) is 11.9. The summed E-state index contributed by atoms with van der Waals surface area (Å²) in [6.45, 7) is 4.83. The molecule has 4 heteroatoms. The van der Waals surface area contributed by atoms with Gasteiger partial charge in [-0.05, 0) is 32.3 Å². The highest BCUT2D eigenvalue weighted by Crippen LogP contribution is 2.30. The van der Waals surface area contributed by atoms with Crippen molar-refractivity contribution in [3.05, 3.63) is 23.7 Å². The summed E-state index contributed by atoms with van der Waals surface area (Å²) in [5.41, 5.74) is 1.27. The molecule has 0 spiro atoms. The molecule has 1 aliphatic carbocycles. The Morgan fingerprint density at radius 3 is 3.21 bits per heavy atom. The van der Waals surface area contributed by atoms with E-state index < -0.39 is 0 Å². The fourth-order valence-electron chi connectivity index (χ4n) is 2.51. The van der Waals surface area contributed by atoms with Crippen LogP contribution in [0.25, 0.3) is 0 Å². The minimum absolute atomic E-state index is 0.130. The molecule has 106 valence electrons. The van der Waals surface area contributed by atoms with E-state index in [-0.39, 0.29) is 11.9 Å². The van der Waals surface area contributed by atoms with Crippen LogP contribution < -0.4 is 10.6 Å². The predicted octanol–water partition coefficient (Wildman–Crippen LogP) is 2.55. The van der Waals surface area contributed by atoms with Gasteiger partial charge in [-0.2, -0.15) is 0 Å². The van der Waals surface area contributed by atoms with Crippen LogP contribution in [-0.4, -0.2) is 18.5 Å². The highest BCUT2D eigenvalue weighted by molar-refractivity contribution is 5.76. The molecule has 0 aliphatic heterocycles. The first-order valence-corrected chi connectivity index (χ1v) is 7.29. The lowest BCUT2D eigenvalue weighted by molar-refractivity contribution is -0.121. The van der Waals surface area contributed by atoms with Gasteiger partial charge in [0.1, 0.15) is 5.76 Å². The number of amides is 1. The summed E-state index contributed by atoms with van der Waals surface area (Å²) in [6, 6.07) is 2.66. The fraction of sp³-hybridized carbons (Fsp3) is 0.667. The summed E-state index contributed by atoms with van der Waals surface area (Å²) in [5, 5.41) is 6.45. The van der Waals surface area contributed by atoms with E-state index in [1.165, 1.54) is 5.56 Å². The Hall–Kier alpha value is -1.29. The van der Waals surface area contributed by atoms with Crippen molar-refractivity contribution in [1.29, 1.82) is 0 Å². The van der Waals surface area contributed by atoms with Gasteiger partial charge in [0.15, 0.2) is 0 Å². The molecule has 1 aromatic heterocycles. The van der Waals surface area contributed by atoms with Gasteiger partial charge in [-0.25, -0.2) is 0 Å². The van der Waals surface area contributed by atoms with Crippen molar-refractivity contribution < 1.29 is 9.21 Å². The summed E-state index contributed by atoms with van der Waals surface area (Å²) in [7, 11) is 0. The largest absolute Gasteiger partial charge is 0.469 e. The first-order chi connectivity index (χ1) is 9.20. The molecule has 0 bridgehead atoms. The molecule has 0 saturated carbocycles. The minimum atomic E-state index is 0.130. The van der Waals surface area contributed by atoms with Gasteiger partial charge in [0, 0.05) is 37.0 Å². The quantitative estimate of drug-likeness (QED) is 0.830. The second-order valence-electron chi connectivity index (χ2n) is 5.32. The van der Waals surface area contributed by atoms with Crippen LogP contribution in [0.1, 0.15) is 56.9 Å². The lowest BCUT2D eigenvalue weighted by Gasteiger charge is -2.22. The van der Waals surface area contributed by atoms with E-state index in [0.29, 0.717) is 12.5 Å². The van der Waals surface area contributed by atoms with Crippen LogP contribution in [-0.2, 0) is 11.2 Å². The third-order valence-corrected chi connectivity index (χ3v) is 3.81. The van der Waals surface area contributed by atoms with Gasteiger partial charge in [0.05, 0.1) is 6.26 Å². The van der Waals surface area contributed by atoms with E-state index in [2.05, 4.69) is 17.6 Å². The first-order valence-electron chi connectivity index (χ1n) is 7.29. The van der Waals surface area contributed by atoms with Crippen LogP contribution >= 0.6 is 0 Å². The second-order valence-corrected chi connectivity index (χ2v) is 5.32. The Morgan fingerprint density at radius 1 is 1.58 bits per heavy atom. The zero-order valence-electron chi connectivity index (χ0n) is 11.9. The van der Waals surface area contributed by atoms with E-state index in [1.807, 2.05) is 13.0 Å². The highest BCUT2D eigenvalue weighted by atomic mass is 16.3. The van der Waals surface area contributed by atoms with Crippen LogP contribution in [0.4, 0.5) is 0 Å². The standard InChI is InChI=1S/C15H24N2O2/c1-3-11(2)17-15(18)7-9-16-13-5-4-6-14-12(13)8-10-19-14/h8,10-11,13,16H,3-7,9H2,1-2H3,(H,17,18). The number of hydrogen-bond donors (Lipinski definition) is 2. The number of rotatable bonds is 6. The smallest absolute Gasteiger partial charge is 0.221 e. The van der Waals surface area contributed by atoms with Crippen LogP contribution in [0, 0.1) is 0 Å². The van der Waals surface area contributed by atoms with E-state index in [4.69, 9.17) is 4.42 Å². The SMILES string of the molecule is CCC(C)NC(=O)CCNC1CCCc2occc21. The van der Waals surface area contributed by atoms with Gasteiger partial charge >= 0.3 is 0 Å². The maximum atomic E-state index is 11.7. The normalized spacial score (nSPS) is 19.8. The average molecular weight is 264 g/mol. The van der Waals surface area contributed by atoms with Crippen LogP contribution in [0.5, 0.6) is 0 Å². The molecule has 2 N–H and O–H groups in total. The van der Waals surface area contributed by atoms with Gasteiger partial charge < -0.3 is 15.1 Å². The van der Waals surface area contributed by atoms with E-state index in [9.17, 15) is 4.79 Å². The molecule has 0 saturated heterocycles. The summed E-state index contributed by atoms with van der Waals surface area (Å²) in [6.07, 6.45) is 6.58. The Morgan fingerprint density at radius 2 is 2.42 bits per heavy atom. The van der Waals surface area contributed by atoms with E-state index >= 15 is 0 Å². The molecule has 1 amide bonds. The predicted molar refractivity (Wildman–Crippen MR) is 74.9 cm³/mol. The molecule has 1 aliphatic rings. The minimum Gasteiger partial charge on any atom is -0.469 e. The molecule has 0 fully saturated rings. The molecule has 0 aromatic carbocycles. The number of hydrogen-bond acceptors (Lipinski definition) is 3. The van der Waals surface area contributed by atoms with Crippen molar-refractivity contribution in [3.8, 4) is 0 Å². The number of carbonyl (C=O) groups is 1. The van der Waals surface area contributed by atoms with Crippen molar-refractivity contribution in [2.75, 3.05) is 6.54 Å². The first kappa shape index (κ1) is 14.1. The number of carbonyl (C=O) groups excluding carboxylic acids is 1. The van der Waals surface area contributed by atoms with Crippen molar-refractivity contribution >= 4 is 5.91 Å². The second kappa shape index (κ2) is 6.75. The van der Waals surface area contributed by atoms with Crippen molar-refractivity contribution in [3.63, 3.8) is 0 Å². The van der Waals surface area contributed by atoms with Gasteiger partial charge in [-0.1, -0.05) is 6.92 Å². The third-order valence-electron chi connectivity index (χ3n) is 3.81. The van der Waals surface area contributed by atoms with Crippen molar-refractivity contribution in [2.45, 2.75) is 58.0 Å². The average Bonchev–Trinajstić information content (AvgIpc) is 2.87. The number of nitrogens with one attached hydrogen (secondary N) is 2. The molecular formula is C15H24N2O2. The topological polar surface area (TPSA) is 54.3 Å². The lowest BCUT2D eigenvalue weighted by atomic mass is 9.93. The van der Waals surface area contributed by atoms with Crippen molar-refractivity contribution in [1.82, 2.24) is 10.6 Å². The molecular weight excluding hydrogens is 240 g/mol. The summed E-state index contributed by atoms with van der Waals surface area (Å²) in [4.78, 5) is 11.7. The Balaban J connectivity index is 1.74.